The monoisotopic (exact) mass is 474 g/mol. The van der Waals surface area contributed by atoms with Crippen LogP contribution < -0.4 is 10.9 Å². The number of methoxy groups -OCH3 is 2. The van der Waals surface area contributed by atoms with Crippen LogP contribution in [-0.4, -0.2) is 43.7 Å². The molecule has 2 N–H and O–H groups in total. The molecule has 0 saturated heterocycles. The number of amides is 1. The van der Waals surface area contributed by atoms with Gasteiger partial charge in [0.1, 0.15) is 6.04 Å². The minimum absolute atomic E-state index is 0.120. The van der Waals surface area contributed by atoms with Crippen LogP contribution in [0.5, 0.6) is 0 Å². The normalized spacial score (nSPS) is 15.8. The van der Waals surface area contributed by atoms with Gasteiger partial charge in [-0.2, -0.15) is 0 Å². The summed E-state index contributed by atoms with van der Waals surface area (Å²) in [7, 11) is 2.94. The summed E-state index contributed by atoms with van der Waals surface area (Å²) in [5.74, 6) is -0.611. The van der Waals surface area contributed by atoms with E-state index < -0.39 is 17.4 Å². The number of halogens is 1. The maximum Gasteiger partial charge on any atom is 0.328 e. The van der Waals surface area contributed by atoms with Gasteiger partial charge < -0.3 is 19.8 Å². The fourth-order valence-electron chi connectivity index (χ4n) is 4.58. The number of hydrogen-bond acceptors (Lipinski definition) is 5. The minimum Gasteiger partial charge on any atom is -0.467 e. The molecule has 1 aromatic carbocycles. The highest BCUT2D eigenvalue weighted by Gasteiger charge is 2.42. The number of carbonyl (C=O) groups excluding carboxylic acids is 2. The van der Waals surface area contributed by atoms with Gasteiger partial charge in [-0.05, 0) is 42.9 Å². The number of nitrogens with one attached hydrogen (secondary N) is 2. The van der Waals surface area contributed by atoms with E-state index in [-0.39, 0.29) is 17.9 Å². The van der Waals surface area contributed by atoms with Crippen LogP contribution in [0.25, 0.3) is 11.1 Å². The molecular weight excluding hydrogens is 444 g/mol. The first-order chi connectivity index (χ1) is 15.8. The first kappa shape index (κ1) is 25.0. The van der Waals surface area contributed by atoms with Gasteiger partial charge in [0.05, 0.1) is 23.1 Å². The summed E-state index contributed by atoms with van der Waals surface area (Å²) in [6, 6.07) is 6.51. The summed E-state index contributed by atoms with van der Waals surface area (Å²) in [6.07, 6.45) is 5.95. The zero-order valence-electron chi connectivity index (χ0n) is 19.3. The summed E-state index contributed by atoms with van der Waals surface area (Å²) in [4.78, 5) is 40.6. The van der Waals surface area contributed by atoms with Crippen molar-refractivity contribution >= 4 is 23.5 Å². The molecule has 1 amide bonds. The van der Waals surface area contributed by atoms with Gasteiger partial charge in [-0.3, -0.25) is 9.59 Å². The summed E-state index contributed by atoms with van der Waals surface area (Å²) in [5, 5.41) is 3.42. The maximum atomic E-state index is 13.2. The third-order valence-electron chi connectivity index (χ3n) is 6.59. The topological polar surface area (TPSA) is 97.5 Å². The molecule has 1 aliphatic rings. The van der Waals surface area contributed by atoms with Gasteiger partial charge in [0.15, 0.2) is 0 Å². The third-order valence-corrected chi connectivity index (χ3v) is 6.98. The predicted octanol–water partition coefficient (Wildman–Crippen LogP) is 3.80. The van der Waals surface area contributed by atoms with Crippen LogP contribution in [0.2, 0.25) is 5.02 Å². The van der Waals surface area contributed by atoms with Crippen molar-refractivity contribution in [1.82, 2.24) is 10.3 Å². The van der Waals surface area contributed by atoms with Crippen molar-refractivity contribution in [1.29, 1.82) is 0 Å². The lowest BCUT2D eigenvalue weighted by molar-refractivity contribution is -0.146. The number of esters is 1. The van der Waals surface area contributed by atoms with E-state index in [1.165, 1.54) is 13.3 Å². The first-order valence-corrected chi connectivity index (χ1v) is 11.5. The molecule has 178 valence electrons. The number of hydrogen-bond donors (Lipinski definition) is 2. The predicted molar refractivity (Wildman–Crippen MR) is 127 cm³/mol. The highest BCUT2D eigenvalue weighted by atomic mass is 35.5. The van der Waals surface area contributed by atoms with Crippen LogP contribution in [-0.2, 0) is 25.5 Å². The van der Waals surface area contributed by atoms with E-state index in [4.69, 9.17) is 21.1 Å². The molecule has 1 aliphatic carbocycles. The highest BCUT2D eigenvalue weighted by Crippen LogP contribution is 2.41. The first-order valence-electron chi connectivity index (χ1n) is 11.2. The average Bonchev–Trinajstić information content (AvgIpc) is 3.30. The van der Waals surface area contributed by atoms with Crippen LogP contribution in [0.4, 0.5) is 0 Å². The summed E-state index contributed by atoms with van der Waals surface area (Å²) in [5.41, 5.74) is 2.05. The van der Waals surface area contributed by atoms with E-state index in [2.05, 4.69) is 10.3 Å². The van der Waals surface area contributed by atoms with E-state index in [0.29, 0.717) is 29.2 Å². The van der Waals surface area contributed by atoms with Crippen molar-refractivity contribution in [3.8, 4) is 11.1 Å². The van der Waals surface area contributed by atoms with E-state index in [1.807, 2.05) is 24.3 Å². The van der Waals surface area contributed by atoms with E-state index in [1.54, 1.807) is 14.0 Å². The molecule has 33 heavy (non-hydrogen) atoms. The SMILES string of the molecule is COCCC1(C(=O)N[C@@H](Cc2ccc(-c3c(C)c(Cl)c[nH]c3=O)cc2)C(=O)OC)CCCC1. The molecule has 0 spiro atoms. The summed E-state index contributed by atoms with van der Waals surface area (Å²) >= 11 is 6.16. The second-order valence-corrected chi connectivity index (χ2v) is 9.05. The smallest absolute Gasteiger partial charge is 0.328 e. The Kier molecular flexibility index (Phi) is 8.32. The molecule has 7 nitrogen and oxygen atoms in total. The molecule has 8 heteroatoms. The second-order valence-electron chi connectivity index (χ2n) is 8.65. The van der Waals surface area contributed by atoms with Crippen molar-refractivity contribution in [3.63, 3.8) is 0 Å². The van der Waals surface area contributed by atoms with Crippen molar-refractivity contribution in [2.75, 3.05) is 20.8 Å². The average molecular weight is 475 g/mol. The van der Waals surface area contributed by atoms with Gasteiger partial charge in [0, 0.05) is 26.3 Å². The van der Waals surface area contributed by atoms with Crippen molar-refractivity contribution in [2.45, 2.75) is 51.5 Å². The molecule has 0 aliphatic heterocycles. The van der Waals surface area contributed by atoms with Gasteiger partial charge in [0.25, 0.3) is 5.56 Å². The second kappa shape index (κ2) is 11.0. The lowest BCUT2D eigenvalue weighted by Gasteiger charge is -2.29. The van der Waals surface area contributed by atoms with Crippen LogP contribution in [0, 0.1) is 12.3 Å². The van der Waals surface area contributed by atoms with Crippen LogP contribution in [0.15, 0.2) is 35.3 Å². The fraction of sp³-hybridized carbons (Fsp3) is 0.480. The Hall–Kier alpha value is -2.64. The number of pyridine rings is 1. The number of rotatable bonds is 9. The Balaban J connectivity index is 1.78. The standard InChI is InChI=1S/C25H31ClN2O5/c1-16-19(26)15-27-22(29)21(16)18-8-6-17(7-9-18)14-20(23(30)33-3)28-24(31)25(12-13-32-2)10-4-5-11-25/h6-9,15,20H,4-5,10-14H2,1-3H3,(H,27,29)(H,28,31)/t20-/m0/s1. The number of aromatic amines is 1. The Morgan fingerprint density at radius 3 is 2.45 bits per heavy atom. The van der Waals surface area contributed by atoms with Crippen LogP contribution in [0.3, 0.4) is 0 Å². The van der Waals surface area contributed by atoms with Gasteiger partial charge in [-0.25, -0.2) is 4.79 Å². The Bertz CT molecular complexity index is 1040. The largest absolute Gasteiger partial charge is 0.467 e. The van der Waals surface area contributed by atoms with Crippen molar-refractivity contribution in [3.05, 3.63) is 57.0 Å². The Morgan fingerprint density at radius 2 is 1.85 bits per heavy atom. The zero-order chi connectivity index (χ0) is 24.0. The third kappa shape index (κ3) is 5.65. The minimum atomic E-state index is -0.801. The van der Waals surface area contributed by atoms with Crippen LogP contribution in [0.1, 0.15) is 43.2 Å². The zero-order valence-corrected chi connectivity index (χ0v) is 20.1. The van der Waals surface area contributed by atoms with Gasteiger partial charge in [0.2, 0.25) is 5.91 Å². The lowest BCUT2D eigenvalue weighted by atomic mass is 9.81. The number of benzene rings is 1. The molecule has 2 aromatic rings. The van der Waals surface area contributed by atoms with Crippen molar-refractivity contribution < 1.29 is 19.1 Å². The molecule has 1 aromatic heterocycles. The molecule has 1 fully saturated rings. The maximum absolute atomic E-state index is 13.2. The number of ether oxygens (including phenoxy) is 2. The lowest BCUT2D eigenvalue weighted by Crippen LogP contribution is -2.49. The van der Waals surface area contributed by atoms with E-state index >= 15 is 0 Å². The Morgan fingerprint density at radius 1 is 1.18 bits per heavy atom. The summed E-state index contributed by atoms with van der Waals surface area (Å²) in [6.45, 7) is 2.30. The van der Waals surface area contributed by atoms with Gasteiger partial charge >= 0.3 is 5.97 Å². The number of carbonyl (C=O) groups is 2. The molecule has 0 unspecified atom stereocenters. The van der Waals surface area contributed by atoms with Gasteiger partial charge in [-0.1, -0.05) is 48.7 Å². The summed E-state index contributed by atoms with van der Waals surface area (Å²) < 4.78 is 10.2. The molecule has 1 saturated carbocycles. The molecular formula is C25H31ClN2O5. The molecule has 1 atom stereocenters. The molecule has 1 heterocycles. The van der Waals surface area contributed by atoms with E-state index in [0.717, 1.165) is 36.8 Å². The van der Waals surface area contributed by atoms with Crippen LogP contribution >= 0.6 is 11.6 Å². The molecule has 3 rings (SSSR count). The molecule has 0 radical (unpaired) electrons. The number of aromatic nitrogens is 1. The van der Waals surface area contributed by atoms with E-state index in [9.17, 15) is 14.4 Å². The Labute approximate surface area is 198 Å². The van der Waals surface area contributed by atoms with Gasteiger partial charge in [-0.15, -0.1) is 0 Å². The van der Waals surface area contributed by atoms with Crippen molar-refractivity contribution in [2.24, 2.45) is 5.41 Å². The fourth-order valence-corrected chi connectivity index (χ4v) is 4.73. The quantitative estimate of drug-likeness (QED) is 0.539. The number of H-pyrrole nitrogens is 1. The highest BCUT2D eigenvalue weighted by molar-refractivity contribution is 6.31. The molecule has 0 bridgehead atoms.